The van der Waals surface area contributed by atoms with Crippen LogP contribution in [-0.4, -0.2) is 35.3 Å². The lowest BCUT2D eigenvalue weighted by Crippen LogP contribution is -2.24. The molecule has 1 amide bonds. The first kappa shape index (κ1) is 7.71. The molecule has 0 radical (unpaired) electrons. The number of carbonyl (C=O) groups is 2. The van der Waals surface area contributed by atoms with E-state index in [-0.39, 0.29) is 12.3 Å². The van der Waals surface area contributed by atoms with Gasteiger partial charge >= 0.3 is 5.97 Å². The molecular formula is C6H8N2O3. The summed E-state index contributed by atoms with van der Waals surface area (Å²) in [5.74, 6) is -1.81. The largest absolute Gasteiger partial charge is 0.481 e. The number of hydrazone groups is 1. The van der Waals surface area contributed by atoms with Crippen molar-refractivity contribution in [3.63, 3.8) is 0 Å². The Morgan fingerprint density at radius 3 is 2.91 bits per heavy atom. The summed E-state index contributed by atoms with van der Waals surface area (Å²) in [6, 6.07) is 0. The van der Waals surface area contributed by atoms with Crippen molar-refractivity contribution in [3.8, 4) is 0 Å². The fraction of sp³-hybridized carbons (Fsp3) is 0.500. The fourth-order valence-corrected chi connectivity index (χ4v) is 0.869. The van der Waals surface area contributed by atoms with Crippen LogP contribution in [0.5, 0.6) is 0 Å². The third-order valence-corrected chi connectivity index (χ3v) is 1.45. The Labute approximate surface area is 63.3 Å². The van der Waals surface area contributed by atoms with Crippen molar-refractivity contribution in [2.45, 2.75) is 6.42 Å². The lowest BCUT2D eigenvalue weighted by molar-refractivity contribution is -0.141. The zero-order chi connectivity index (χ0) is 8.43. The van der Waals surface area contributed by atoms with Gasteiger partial charge in [0.25, 0.3) is 5.91 Å². The minimum Gasteiger partial charge on any atom is -0.481 e. The van der Waals surface area contributed by atoms with Crippen molar-refractivity contribution in [2.75, 3.05) is 7.05 Å². The van der Waals surface area contributed by atoms with Crippen LogP contribution in [0, 0.1) is 5.92 Å². The average molecular weight is 156 g/mol. The van der Waals surface area contributed by atoms with Crippen molar-refractivity contribution < 1.29 is 14.7 Å². The summed E-state index contributed by atoms with van der Waals surface area (Å²) in [6.07, 6.45) is 1.18. The average Bonchev–Trinajstić information content (AvgIpc) is 2.18. The number of hydrogen-bond acceptors (Lipinski definition) is 3. The van der Waals surface area contributed by atoms with Gasteiger partial charge in [-0.1, -0.05) is 0 Å². The number of nitrogens with zero attached hydrogens (tertiary/aromatic N) is 2. The maximum Gasteiger partial charge on any atom is 0.304 e. The fourth-order valence-electron chi connectivity index (χ4n) is 0.869. The second kappa shape index (κ2) is 2.69. The van der Waals surface area contributed by atoms with E-state index in [4.69, 9.17) is 5.11 Å². The first-order valence-corrected chi connectivity index (χ1v) is 3.14. The van der Waals surface area contributed by atoms with Gasteiger partial charge in [-0.3, -0.25) is 9.59 Å². The number of hydrogen-bond donors (Lipinski definition) is 1. The van der Waals surface area contributed by atoms with Crippen molar-refractivity contribution in [1.82, 2.24) is 5.01 Å². The van der Waals surface area contributed by atoms with Crippen LogP contribution in [0.15, 0.2) is 5.10 Å². The minimum atomic E-state index is -0.981. The summed E-state index contributed by atoms with van der Waals surface area (Å²) in [5, 5.41) is 13.1. The zero-order valence-electron chi connectivity index (χ0n) is 6.02. The maximum absolute atomic E-state index is 11.0. The van der Waals surface area contributed by atoms with E-state index < -0.39 is 11.9 Å². The molecule has 0 aromatic rings. The van der Waals surface area contributed by atoms with Crippen molar-refractivity contribution in [1.29, 1.82) is 0 Å². The smallest absolute Gasteiger partial charge is 0.304 e. The Morgan fingerprint density at radius 1 is 1.91 bits per heavy atom. The minimum absolute atomic E-state index is 0.174. The number of carboxylic acids is 1. The monoisotopic (exact) mass is 156 g/mol. The molecule has 0 saturated carbocycles. The van der Waals surface area contributed by atoms with E-state index in [9.17, 15) is 9.59 Å². The zero-order valence-corrected chi connectivity index (χ0v) is 6.02. The topological polar surface area (TPSA) is 70.0 Å². The van der Waals surface area contributed by atoms with Crippen LogP contribution in [-0.2, 0) is 9.59 Å². The van der Waals surface area contributed by atoms with Gasteiger partial charge in [0.2, 0.25) is 0 Å². The molecule has 1 atom stereocenters. The van der Waals surface area contributed by atoms with Crippen LogP contribution in [0.2, 0.25) is 0 Å². The Hall–Kier alpha value is -1.39. The summed E-state index contributed by atoms with van der Waals surface area (Å²) in [7, 11) is 1.50. The molecule has 5 heteroatoms. The summed E-state index contributed by atoms with van der Waals surface area (Å²) >= 11 is 0. The lowest BCUT2D eigenvalue weighted by Gasteiger charge is -2.05. The van der Waals surface area contributed by atoms with Crippen LogP contribution in [0.4, 0.5) is 0 Å². The van der Waals surface area contributed by atoms with Gasteiger partial charge < -0.3 is 5.11 Å². The van der Waals surface area contributed by atoms with E-state index in [2.05, 4.69) is 5.10 Å². The molecule has 0 fully saturated rings. The molecule has 0 saturated heterocycles. The predicted molar refractivity (Wildman–Crippen MR) is 37.0 cm³/mol. The van der Waals surface area contributed by atoms with Crippen LogP contribution >= 0.6 is 0 Å². The Morgan fingerprint density at radius 2 is 2.55 bits per heavy atom. The van der Waals surface area contributed by atoms with Gasteiger partial charge in [-0.05, 0) is 0 Å². The van der Waals surface area contributed by atoms with Gasteiger partial charge in [-0.2, -0.15) is 5.10 Å². The highest BCUT2D eigenvalue weighted by Crippen LogP contribution is 2.10. The lowest BCUT2D eigenvalue weighted by atomic mass is 10.1. The van der Waals surface area contributed by atoms with E-state index in [1.54, 1.807) is 0 Å². The molecule has 0 aromatic heterocycles. The van der Waals surface area contributed by atoms with Gasteiger partial charge in [0.1, 0.15) is 0 Å². The number of rotatable bonds is 2. The number of carbonyl (C=O) groups excluding carboxylic acids is 1. The molecule has 1 rings (SSSR count). The normalized spacial score (nSPS) is 22.8. The van der Waals surface area contributed by atoms with Gasteiger partial charge in [-0.25, -0.2) is 5.01 Å². The van der Waals surface area contributed by atoms with Crippen molar-refractivity contribution >= 4 is 18.1 Å². The first-order valence-electron chi connectivity index (χ1n) is 3.14. The Balaban J connectivity index is 2.56. The summed E-state index contributed by atoms with van der Waals surface area (Å²) in [6.45, 7) is 0. The van der Waals surface area contributed by atoms with E-state index in [1.165, 1.54) is 13.3 Å². The van der Waals surface area contributed by atoms with Gasteiger partial charge in [0, 0.05) is 13.3 Å². The van der Waals surface area contributed by atoms with Crippen LogP contribution in [0.3, 0.4) is 0 Å². The number of aliphatic carboxylic acids is 1. The molecule has 0 bridgehead atoms. The van der Waals surface area contributed by atoms with E-state index >= 15 is 0 Å². The molecule has 1 aliphatic rings. The summed E-state index contributed by atoms with van der Waals surface area (Å²) in [5.41, 5.74) is 0. The summed E-state index contributed by atoms with van der Waals surface area (Å²) in [4.78, 5) is 21.2. The van der Waals surface area contributed by atoms with Crippen LogP contribution < -0.4 is 0 Å². The molecule has 0 aromatic carbocycles. The molecule has 0 spiro atoms. The predicted octanol–water partition coefficient (Wildman–Crippen LogP) is -0.465. The molecule has 1 unspecified atom stereocenters. The Kier molecular flexibility index (Phi) is 1.89. The van der Waals surface area contributed by atoms with Crippen molar-refractivity contribution in [3.05, 3.63) is 0 Å². The van der Waals surface area contributed by atoms with E-state index in [1.807, 2.05) is 0 Å². The quantitative estimate of drug-likeness (QED) is 0.587. The molecular weight excluding hydrogens is 148 g/mol. The van der Waals surface area contributed by atoms with Gasteiger partial charge in [0.15, 0.2) is 0 Å². The van der Waals surface area contributed by atoms with Crippen LogP contribution in [0.1, 0.15) is 6.42 Å². The second-order valence-corrected chi connectivity index (χ2v) is 2.33. The molecule has 0 aliphatic carbocycles. The highest BCUT2D eigenvalue weighted by molar-refractivity contribution is 5.99. The van der Waals surface area contributed by atoms with E-state index in [0.717, 1.165) is 5.01 Å². The molecule has 1 aliphatic heterocycles. The maximum atomic E-state index is 11.0. The highest BCUT2D eigenvalue weighted by Gasteiger charge is 2.27. The van der Waals surface area contributed by atoms with Gasteiger partial charge in [-0.15, -0.1) is 0 Å². The standard InChI is InChI=1S/C6H8N2O3/c1-8-6(11)4(3-7-8)2-5(9)10/h3-4H,2H2,1H3,(H,9,10). The second-order valence-electron chi connectivity index (χ2n) is 2.33. The van der Waals surface area contributed by atoms with Crippen molar-refractivity contribution in [2.24, 2.45) is 11.0 Å². The SMILES string of the molecule is CN1N=CC(CC(=O)O)C1=O. The molecule has 1 heterocycles. The van der Waals surface area contributed by atoms with Crippen LogP contribution in [0.25, 0.3) is 0 Å². The number of carboxylic acid groups (broad SMARTS) is 1. The third-order valence-electron chi connectivity index (χ3n) is 1.45. The summed E-state index contributed by atoms with van der Waals surface area (Å²) < 4.78 is 0. The number of amides is 1. The third kappa shape index (κ3) is 1.54. The first-order chi connectivity index (χ1) is 5.11. The van der Waals surface area contributed by atoms with Gasteiger partial charge in [0.05, 0.1) is 12.3 Å². The highest BCUT2D eigenvalue weighted by atomic mass is 16.4. The molecule has 11 heavy (non-hydrogen) atoms. The molecule has 1 N–H and O–H groups in total. The molecule has 5 nitrogen and oxygen atoms in total. The molecule has 60 valence electrons. The van der Waals surface area contributed by atoms with E-state index in [0.29, 0.717) is 0 Å². The Bertz CT molecular complexity index is 224.